The zero-order valence-corrected chi connectivity index (χ0v) is 11.7. The standard InChI is InChI=1S/C13H21N3S/c1-10-4-5-11(14)12(15-10)16-7-6-13(2,3)17-9-8-16/h4-5H,6-9,14H2,1-3H3. The van der Waals surface area contributed by atoms with Crippen molar-refractivity contribution in [1.82, 2.24) is 4.98 Å². The highest BCUT2D eigenvalue weighted by atomic mass is 32.2. The van der Waals surface area contributed by atoms with Crippen LogP contribution in [0.2, 0.25) is 0 Å². The Morgan fingerprint density at radius 1 is 1.35 bits per heavy atom. The quantitative estimate of drug-likeness (QED) is 0.833. The van der Waals surface area contributed by atoms with E-state index in [2.05, 4.69) is 23.7 Å². The van der Waals surface area contributed by atoms with E-state index < -0.39 is 0 Å². The molecule has 0 aliphatic carbocycles. The van der Waals surface area contributed by atoms with Gasteiger partial charge in [0.25, 0.3) is 0 Å². The Morgan fingerprint density at radius 3 is 2.88 bits per heavy atom. The van der Waals surface area contributed by atoms with Crippen LogP contribution in [0.5, 0.6) is 0 Å². The number of thioether (sulfide) groups is 1. The van der Waals surface area contributed by atoms with E-state index in [1.54, 1.807) is 0 Å². The fraction of sp³-hybridized carbons (Fsp3) is 0.615. The van der Waals surface area contributed by atoms with Crippen LogP contribution in [0.4, 0.5) is 11.5 Å². The minimum absolute atomic E-state index is 0.368. The van der Waals surface area contributed by atoms with Crippen LogP contribution in [-0.4, -0.2) is 28.6 Å². The smallest absolute Gasteiger partial charge is 0.152 e. The summed E-state index contributed by atoms with van der Waals surface area (Å²) in [7, 11) is 0. The lowest BCUT2D eigenvalue weighted by Crippen LogP contribution is -2.28. The average molecular weight is 251 g/mol. The van der Waals surface area contributed by atoms with Crippen molar-refractivity contribution in [3.05, 3.63) is 17.8 Å². The monoisotopic (exact) mass is 251 g/mol. The molecule has 0 amide bonds. The molecule has 0 spiro atoms. The van der Waals surface area contributed by atoms with Gasteiger partial charge in [-0.05, 0) is 25.5 Å². The van der Waals surface area contributed by atoms with Crippen LogP contribution in [0.3, 0.4) is 0 Å². The van der Waals surface area contributed by atoms with Crippen molar-refractivity contribution >= 4 is 23.3 Å². The summed E-state index contributed by atoms with van der Waals surface area (Å²) in [4.78, 5) is 6.90. The van der Waals surface area contributed by atoms with Crippen molar-refractivity contribution in [1.29, 1.82) is 0 Å². The van der Waals surface area contributed by atoms with Crippen LogP contribution in [0, 0.1) is 6.92 Å². The molecule has 2 rings (SSSR count). The maximum atomic E-state index is 6.03. The van der Waals surface area contributed by atoms with Crippen molar-refractivity contribution in [3.8, 4) is 0 Å². The predicted octanol–water partition coefficient (Wildman–Crippen LogP) is 2.69. The second-order valence-corrected chi connectivity index (χ2v) is 7.01. The second kappa shape index (κ2) is 4.77. The maximum Gasteiger partial charge on any atom is 0.152 e. The second-order valence-electron chi connectivity index (χ2n) is 5.21. The highest BCUT2D eigenvalue weighted by Gasteiger charge is 2.24. The number of aromatic nitrogens is 1. The number of pyridine rings is 1. The molecule has 1 saturated heterocycles. The van der Waals surface area contributed by atoms with Crippen molar-refractivity contribution in [3.63, 3.8) is 0 Å². The molecule has 94 valence electrons. The molecule has 1 aliphatic rings. The Kier molecular flexibility index (Phi) is 3.52. The summed E-state index contributed by atoms with van der Waals surface area (Å²) < 4.78 is 0.368. The van der Waals surface area contributed by atoms with Gasteiger partial charge in [0.05, 0.1) is 5.69 Å². The molecule has 1 aromatic heterocycles. The van der Waals surface area contributed by atoms with Gasteiger partial charge in [-0.25, -0.2) is 4.98 Å². The van der Waals surface area contributed by atoms with Gasteiger partial charge in [-0.3, -0.25) is 0 Å². The predicted molar refractivity (Wildman–Crippen MR) is 76.8 cm³/mol. The molecule has 0 bridgehead atoms. The van der Waals surface area contributed by atoms with Crippen molar-refractivity contribution < 1.29 is 0 Å². The minimum atomic E-state index is 0.368. The molecule has 1 fully saturated rings. The summed E-state index contributed by atoms with van der Waals surface area (Å²) in [6, 6.07) is 3.93. The Morgan fingerprint density at radius 2 is 2.12 bits per heavy atom. The molecule has 2 N–H and O–H groups in total. The molecular weight excluding hydrogens is 230 g/mol. The van der Waals surface area contributed by atoms with Crippen molar-refractivity contribution in [2.24, 2.45) is 0 Å². The molecule has 3 nitrogen and oxygen atoms in total. The van der Waals surface area contributed by atoms with Crippen LogP contribution in [0.25, 0.3) is 0 Å². The molecular formula is C13H21N3S. The fourth-order valence-electron chi connectivity index (χ4n) is 2.04. The zero-order valence-electron chi connectivity index (χ0n) is 10.9. The number of hydrogen-bond donors (Lipinski definition) is 1. The van der Waals surface area contributed by atoms with Gasteiger partial charge in [0.15, 0.2) is 5.82 Å². The Labute approximate surface area is 108 Å². The van der Waals surface area contributed by atoms with Crippen LogP contribution >= 0.6 is 11.8 Å². The molecule has 17 heavy (non-hydrogen) atoms. The van der Waals surface area contributed by atoms with E-state index >= 15 is 0 Å². The highest BCUT2D eigenvalue weighted by molar-refractivity contribution is 8.00. The molecule has 0 radical (unpaired) electrons. The highest BCUT2D eigenvalue weighted by Crippen LogP contribution is 2.33. The molecule has 0 aromatic carbocycles. The fourth-order valence-corrected chi connectivity index (χ4v) is 3.14. The lowest BCUT2D eigenvalue weighted by molar-refractivity contribution is 0.635. The van der Waals surface area contributed by atoms with E-state index in [4.69, 9.17) is 5.73 Å². The number of nitrogens with zero attached hydrogens (tertiary/aromatic N) is 2. The first-order chi connectivity index (χ1) is 7.98. The minimum Gasteiger partial charge on any atom is -0.396 e. The number of nitrogen functional groups attached to an aromatic ring is 1. The summed E-state index contributed by atoms with van der Waals surface area (Å²) in [5, 5.41) is 0. The van der Waals surface area contributed by atoms with E-state index in [1.807, 2.05) is 30.8 Å². The van der Waals surface area contributed by atoms with Crippen molar-refractivity contribution in [2.45, 2.75) is 31.9 Å². The topological polar surface area (TPSA) is 42.1 Å². The molecule has 1 aliphatic heterocycles. The van der Waals surface area contributed by atoms with Gasteiger partial charge in [0.1, 0.15) is 0 Å². The van der Waals surface area contributed by atoms with Gasteiger partial charge in [-0.1, -0.05) is 13.8 Å². The van der Waals surface area contributed by atoms with Gasteiger partial charge in [0, 0.05) is 29.3 Å². The average Bonchev–Trinajstić information content (AvgIpc) is 2.43. The third-order valence-corrected chi connectivity index (χ3v) is 4.55. The first kappa shape index (κ1) is 12.6. The third kappa shape index (κ3) is 3.06. The summed E-state index contributed by atoms with van der Waals surface area (Å²) in [5.41, 5.74) is 7.85. The van der Waals surface area contributed by atoms with Crippen LogP contribution in [0.15, 0.2) is 12.1 Å². The largest absolute Gasteiger partial charge is 0.396 e. The zero-order chi connectivity index (χ0) is 12.5. The maximum absolute atomic E-state index is 6.03. The Balaban J connectivity index is 2.19. The Bertz CT molecular complexity index is 404. The normalized spacial score (nSPS) is 20.1. The van der Waals surface area contributed by atoms with E-state index in [0.717, 1.165) is 36.0 Å². The summed E-state index contributed by atoms with van der Waals surface area (Å²) in [6.07, 6.45) is 1.17. The Hall–Kier alpha value is -0.900. The summed E-state index contributed by atoms with van der Waals surface area (Å²) >= 11 is 2.04. The van der Waals surface area contributed by atoms with Gasteiger partial charge in [0.2, 0.25) is 0 Å². The summed E-state index contributed by atoms with van der Waals surface area (Å²) in [5.74, 6) is 2.10. The number of aryl methyl sites for hydroxylation is 1. The molecule has 1 aromatic rings. The molecule has 0 atom stereocenters. The third-order valence-electron chi connectivity index (χ3n) is 3.18. The van der Waals surface area contributed by atoms with Crippen molar-refractivity contribution in [2.75, 3.05) is 29.5 Å². The SMILES string of the molecule is Cc1ccc(N)c(N2CCSC(C)(C)CC2)n1. The number of hydrogen-bond acceptors (Lipinski definition) is 4. The van der Waals surface area contributed by atoms with Crippen LogP contribution in [-0.2, 0) is 0 Å². The van der Waals surface area contributed by atoms with Crippen LogP contribution in [0.1, 0.15) is 26.0 Å². The van der Waals surface area contributed by atoms with E-state index in [0.29, 0.717) is 4.75 Å². The first-order valence-corrected chi connectivity index (χ1v) is 7.08. The summed E-state index contributed by atoms with van der Waals surface area (Å²) in [6.45, 7) is 8.72. The van der Waals surface area contributed by atoms with Gasteiger partial charge >= 0.3 is 0 Å². The van der Waals surface area contributed by atoms with E-state index in [-0.39, 0.29) is 0 Å². The first-order valence-electron chi connectivity index (χ1n) is 6.10. The van der Waals surface area contributed by atoms with Crippen LogP contribution < -0.4 is 10.6 Å². The molecule has 4 heteroatoms. The lowest BCUT2D eigenvalue weighted by Gasteiger charge is -2.24. The van der Waals surface area contributed by atoms with E-state index in [1.165, 1.54) is 6.42 Å². The number of nitrogens with two attached hydrogens (primary N) is 1. The van der Waals surface area contributed by atoms with E-state index in [9.17, 15) is 0 Å². The molecule has 2 heterocycles. The van der Waals surface area contributed by atoms with Gasteiger partial charge < -0.3 is 10.6 Å². The van der Waals surface area contributed by atoms with Gasteiger partial charge in [-0.15, -0.1) is 0 Å². The lowest BCUT2D eigenvalue weighted by atomic mass is 10.1. The number of anilines is 2. The molecule has 0 unspecified atom stereocenters. The molecule has 0 saturated carbocycles. The number of rotatable bonds is 1. The van der Waals surface area contributed by atoms with Gasteiger partial charge in [-0.2, -0.15) is 11.8 Å².